The average molecular weight is 367 g/mol. The standard InChI is InChI=1S/C21H25N3O3/c1-4-19(22-21(25)24(26)15-11-13-23(2)14-12-15)17-9-10-20(27-3)18-8-6-5-7-16(17)18/h1,5-10,15,19,26H,11-14H2,2-3H3,(H,22,25). The summed E-state index contributed by atoms with van der Waals surface area (Å²) in [6, 6.07) is 9.98. The quantitative estimate of drug-likeness (QED) is 0.495. The Kier molecular flexibility index (Phi) is 5.84. The van der Waals surface area contributed by atoms with Gasteiger partial charge in [0.2, 0.25) is 0 Å². The van der Waals surface area contributed by atoms with Crippen molar-refractivity contribution in [1.29, 1.82) is 0 Å². The first-order valence-electron chi connectivity index (χ1n) is 9.04. The zero-order valence-electron chi connectivity index (χ0n) is 15.7. The molecule has 1 aliphatic heterocycles. The third kappa shape index (κ3) is 4.00. The highest BCUT2D eigenvalue weighted by atomic mass is 16.5. The van der Waals surface area contributed by atoms with Crippen LogP contribution in [-0.2, 0) is 0 Å². The molecule has 27 heavy (non-hydrogen) atoms. The lowest BCUT2D eigenvalue weighted by Gasteiger charge is -2.33. The van der Waals surface area contributed by atoms with Gasteiger partial charge in [0.1, 0.15) is 11.8 Å². The van der Waals surface area contributed by atoms with E-state index in [-0.39, 0.29) is 6.04 Å². The van der Waals surface area contributed by atoms with Crippen LogP contribution in [-0.4, -0.2) is 54.5 Å². The van der Waals surface area contributed by atoms with Crippen LogP contribution < -0.4 is 10.1 Å². The molecule has 0 aliphatic carbocycles. The number of hydroxylamine groups is 2. The molecule has 0 aromatic heterocycles. The minimum Gasteiger partial charge on any atom is -0.496 e. The third-order valence-corrected chi connectivity index (χ3v) is 5.13. The van der Waals surface area contributed by atoms with Crippen molar-refractivity contribution in [3.8, 4) is 18.1 Å². The number of hydrogen-bond donors (Lipinski definition) is 2. The van der Waals surface area contributed by atoms with Gasteiger partial charge in [0.25, 0.3) is 0 Å². The topological polar surface area (TPSA) is 65.0 Å². The Balaban J connectivity index is 1.81. The molecule has 2 amide bonds. The van der Waals surface area contributed by atoms with Crippen molar-refractivity contribution in [2.75, 3.05) is 27.2 Å². The van der Waals surface area contributed by atoms with Gasteiger partial charge in [-0.2, -0.15) is 0 Å². The van der Waals surface area contributed by atoms with E-state index in [2.05, 4.69) is 16.1 Å². The number of hydrogen-bond acceptors (Lipinski definition) is 4. The van der Waals surface area contributed by atoms with E-state index in [0.717, 1.165) is 53.1 Å². The van der Waals surface area contributed by atoms with Gasteiger partial charge in [0, 0.05) is 5.39 Å². The first kappa shape index (κ1) is 19.0. The molecule has 1 atom stereocenters. The zero-order valence-corrected chi connectivity index (χ0v) is 15.7. The SMILES string of the molecule is C#CC(NC(=O)N(O)C1CCN(C)CC1)c1ccc(OC)c2ccccc12. The van der Waals surface area contributed by atoms with E-state index in [9.17, 15) is 10.0 Å². The largest absolute Gasteiger partial charge is 0.496 e. The van der Waals surface area contributed by atoms with Gasteiger partial charge in [-0.1, -0.05) is 36.3 Å². The summed E-state index contributed by atoms with van der Waals surface area (Å²) in [6.45, 7) is 1.69. The number of fused-ring (bicyclic) bond motifs is 1. The molecule has 1 aliphatic rings. The van der Waals surface area contributed by atoms with Crippen molar-refractivity contribution in [3.63, 3.8) is 0 Å². The Morgan fingerprint density at radius 1 is 1.30 bits per heavy atom. The first-order chi connectivity index (χ1) is 13.0. The monoisotopic (exact) mass is 367 g/mol. The van der Waals surface area contributed by atoms with Gasteiger partial charge in [-0.25, -0.2) is 9.86 Å². The van der Waals surface area contributed by atoms with Crippen LogP contribution in [0.15, 0.2) is 36.4 Å². The molecule has 142 valence electrons. The van der Waals surface area contributed by atoms with E-state index in [1.165, 1.54) is 0 Å². The molecule has 0 bridgehead atoms. The van der Waals surface area contributed by atoms with E-state index >= 15 is 0 Å². The number of ether oxygens (including phenoxy) is 1. The molecule has 1 unspecified atom stereocenters. The van der Waals surface area contributed by atoms with E-state index in [1.807, 2.05) is 43.4 Å². The van der Waals surface area contributed by atoms with Gasteiger partial charge in [0.15, 0.2) is 0 Å². The van der Waals surface area contributed by atoms with Crippen LogP contribution in [0.2, 0.25) is 0 Å². The number of likely N-dealkylation sites (tertiary alicyclic amines) is 1. The predicted octanol–water partition coefficient (Wildman–Crippen LogP) is 3.02. The fourth-order valence-electron chi connectivity index (χ4n) is 3.53. The lowest BCUT2D eigenvalue weighted by Crippen LogP contribution is -2.49. The summed E-state index contributed by atoms with van der Waals surface area (Å²) in [5, 5.41) is 15.7. The van der Waals surface area contributed by atoms with Crippen LogP contribution in [0.4, 0.5) is 4.79 Å². The molecule has 1 heterocycles. The molecule has 0 radical (unpaired) electrons. The Labute approximate surface area is 159 Å². The number of piperidine rings is 1. The third-order valence-electron chi connectivity index (χ3n) is 5.13. The van der Waals surface area contributed by atoms with Crippen LogP contribution in [0.1, 0.15) is 24.4 Å². The van der Waals surface area contributed by atoms with Crippen molar-refractivity contribution in [1.82, 2.24) is 15.3 Å². The van der Waals surface area contributed by atoms with Crippen LogP contribution in [0.3, 0.4) is 0 Å². The summed E-state index contributed by atoms with van der Waals surface area (Å²) in [5.74, 6) is 3.37. The number of nitrogens with zero attached hydrogens (tertiary/aromatic N) is 2. The molecular weight excluding hydrogens is 342 g/mol. The normalized spacial score (nSPS) is 16.5. The number of carbonyl (C=O) groups excluding carboxylic acids is 1. The van der Waals surface area contributed by atoms with Crippen molar-refractivity contribution >= 4 is 16.8 Å². The second kappa shape index (κ2) is 8.30. The summed E-state index contributed by atoms with van der Waals surface area (Å²) in [7, 11) is 3.65. The summed E-state index contributed by atoms with van der Waals surface area (Å²) in [6.07, 6.45) is 7.17. The maximum absolute atomic E-state index is 12.6. The smallest absolute Gasteiger partial charge is 0.342 e. The molecule has 3 rings (SSSR count). The molecule has 0 spiro atoms. The molecule has 6 nitrogen and oxygen atoms in total. The highest BCUT2D eigenvalue weighted by Crippen LogP contribution is 2.31. The van der Waals surface area contributed by atoms with E-state index in [4.69, 9.17) is 11.2 Å². The lowest BCUT2D eigenvalue weighted by atomic mass is 9.98. The molecule has 1 fully saturated rings. The second-order valence-corrected chi connectivity index (χ2v) is 6.83. The Morgan fingerprint density at radius 2 is 1.96 bits per heavy atom. The van der Waals surface area contributed by atoms with Crippen molar-refractivity contribution in [2.45, 2.75) is 24.9 Å². The molecule has 2 aromatic rings. The summed E-state index contributed by atoms with van der Waals surface area (Å²) in [4.78, 5) is 14.7. The van der Waals surface area contributed by atoms with E-state index < -0.39 is 12.1 Å². The van der Waals surface area contributed by atoms with Crippen molar-refractivity contribution < 1.29 is 14.7 Å². The first-order valence-corrected chi connectivity index (χ1v) is 9.04. The number of terminal acetylenes is 1. The van der Waals surface area contributed by atoms with Gasteiger partial charge in [-0.15, -0.1) is 6.42 Å². The van der Waals surface area contributed by atoms with Gasteiger partial charge >= 0.3 is 6.03 Å². The van der Waals surface area contributed by atoms with Gasteiger partial charge in [0.05, 0.1) is 13.2 Å². The Hall–Kier alpha value is -2.75. The molecule has 2 N–H and O–H groups in total. The number of nitrogens with one attached hydrogen (secondary N) is 1. The van der Waals surface area contributed by atoms with E-state index in [0.29, 0.717) is 0 Å². The minimum atomic E-state index is -0.658. The fourth-order valence-corrected chi connectivity index (χ4v) is 3.53. The van der Waals surface area contributed by atoms with Gasteiger partial charge in [-0.3, -0.25) is 5.21 Å². The number of rotatable bonds is 4. The molecule has 1 saturated heterocycles. The van der Waals surface area contributed by atoms with Crippen LogP contribution in [0.5, 0.6) is 5.75 Å². The van der Waals surface area contributed by atoms with Crippen LogP contribution in [0, 0.1) is 12.3 Å². The molecule has 2 aromatic carbocycles. The second-order valence-electron chi connectivity index (χ2n) is 6.83. The number of urea groups is 1. The maximum Gasteiger partial charge on any atom is 0.342 e. The van der Waals surface area contributed by atoms with E-state index in [1.54, 1.807) is 7.11 Å². The highest BCUT2D eigenvalue weighted by molar-refractivity contribution is 5.92. The number of amides is 2. The van der Waals surface area contributed by atoms with Gasteiger partial charge in [-0.05, 0) is 50.0 Å². The summed E-state index contributed by atoms with van der Waals surface area (Å²) in [5.41, 5.74) is 0.791. The van der Waals surface area contributed by atoms with Crippen molar-refractivity contribution in [3.05, 3.63) is 42.0 Å². The number of methoxy groups -OCH3 is 1. The van der Waals surface area contributed by atoms with Crippen LogP contribution >= 0.6 is 0 Å². The molecule has 0 saturated carbocycles. The number of carbonyl (C=O) groups is 1. The van der Waals surface area contributed by atoms with Crippen LogP contribution in [0.25, 0.3) is 10.8 Å². The summed E-state index contributed by atoms with van der Waals surface area (Å²) >= 11 is 0. The Morgan fingerprint density at radius 3 is 2.59 bits per heavy atom. The predicted molar refractivity (Wildman–Crippen MR) is 105 cm³/mol. The lowest BCUT2D eigenvalue weighted by molar-refractivity contribution is -0.0916. The summed E-state index contributed by atoms with van der Waals surface area (Å²) < 4.78 is 5.41. The average Bonchev–Trinajstić information content (AvgIpc) is 2.71. The maximum atomic E-state index is 12.6. The fraction of sp³-hybridized carbons (Fsp3) is 0.381. The van der Waals surface area contributed by atoms with Crippen molar-refractivity contribution in [2.24, 2.45) is 0 Å². The number of benzene rings is 2. The minimum absolute atomic E-state index is 0.202. The van der Waals surface area contributed by atoms with Gasteiger partial charge < -0.3 is 15.0 Å². The molecule has 6 heteroatoms. The highest BCUT2D eigenvalue weighted by Gasteiger charge is 2.27. The Bertz CT molecular complexity index is 853. The zero-order chi connectivity index (χ0) is 19.4. The molecular formula is C21H25N3O3.